The maximum atomic E-state index is 10.7. The normalized spacial score (nSPS) is 15.1. The lowest BCUT2D eigenvalue weighted by Gasteiger charge is -2.25. The van der Waals surface area contributed by atoms with Crippen LogP contribution in [0.4, 0.5) is 11.6 Å². The third-order valence-electron chi connectivity index (χ3n) is 4.08. The largest absolute Gasteiger partial charge is 0.441 e. The van der Waals surface area contributed by atoms with Gasteiger partial charge in [-0.25, -0.2) is 0 Å². The topological polar surface area (TPSA) is 83.3 Å². The van der Waals surface area contributed by atoms with Crippen molar-refractivity contribution in [2.45, 2.75) is 19.3 Å². The molecule has 1 aliphatic heterocycles. The Morgan fingerprint density at radius 1 is 1.17 bits per heavy atom. The molecular weight excluding hydrogens is 306 g/mol. The second-order valence-electron chi connectivity index (χ2n) is 5.70. The predicted octanol–water partition coefficient (Wildman–Crippen LogP) is 4.24. The number of furan rings is 1. The van der Waals surface area contributed by atoms with Gasteiger partial charge in [0, 0.05) is 31.3 Å². The summed E-state index contributed by atoms with van der Waals surface area (Å²) in [6.07, 6.45) is 5.24. The highest BCUT2D eigenvalue weighted by molar-refractivity contribution is 5.89. The molecular formula is C18H17N3O3. The second kappa shape index (κ2) is 7.01. The molecule has 0 aliphatic carbocycles. The molecule has 0 radical (unpaired) electrons. The minimum absolute atomic E-state index is 0.00132. The number of hydrogen-bond donors (Lipinski definition) is 0. The molecule has 0 bridgehead atoms. The standard InChI is InChI=1S/C18H17N3O3/c19-13-15(14-4-6-16(7-5-14)21(22)23)12-17-8-9-18(24-17)20-10-2-1-3-11-20/h4-9,12H,1-3,10-11H2. The lowest BCUT2D eigenvalue weighted by Crippen LogP contribution is -2.28. The van der Waals surface area contributed by atoms with Crippen LogP contribution in [0.1, 0.15) is 30.6 Å². The Kier molecular flexibility index (Phi) is 4.62. The molecule has 0 amide bonds. The summed E-state index contributed by atoms with van der Waals surface area (Å²) in [5, 5.41) is 20.1. The molecule has 6 heteroatoms. The Bertz CT molecular complexity index is 794. The molecule has 1 aliphatic rings. The minimum atomic E-state index is -0.461. The molecule has 1 aromatic carbocycles. The first-order valence-corrected chi connectivity index (χ1v) is 7.89. The van der Waals surface area contributed by atoms with E-state index in [-0.39, 0.29) is 5.69 Å². The lowest BCUT2D eigenvalue weighted by atomic mass is 10.1. The number of nitro groups is 1. The van der Waals surface area contributed by atoms with Gasteiger partial charge in [0.25, 0.3) is 5.69 Å². The average molecular weight is 323 g/mol. The molecule has 0 spiro atoms. The van der Waals surface area contributed by atoms with Gasteiger partial charge in [-0.2, -0.15) is 5.26 Å². The van der Waals surface area contributed by atoms with Crippen LogP contribution >= 0.6 is 0 Å². The van der Waals surface area contributed by atoms with E-state index < -0.39 is 4.92 Å². The van der Waals surface area contributed by atoms with E-state index in [0.29, 0.717) is 16.9 Å². The molecule has 2 aromatic rings. The first-order chi connectivity index (χ1) is 11.7. The number of anilines is 1. The van der Waals surface area contributed by atoms with Gasteiger partial charge in [0.15, 0.2) is 5.88 Å². The Labute approximate surface area is 139 Å². The van der Waals surface area contributed by atoms with Crippen LogP contribution in [0.15, 0.2) is 40.8 Å². The molecule has 1 saturated heterocycles. The highest BCUT2D eigenvalue weighted by Crippen LogP contribution is 2.26. The molecule has 1 aromatic heterocycles. The van der Waals surface area contributed by atoms with E-state index in [0.717, 1.165) is 31.8 Å². The number of benzene rings is 1. The Morgan fingerprint density at radius 2 is 1.88 bits per heavy atom. The number of nitriles is 1. The van der Waals surface area contributed by atoms with Crippen molar-refractivity contribution in [3.63, 3.8) is 0 Å². The zero-order valence-corrected chi connectivity index (χ0v) is 13.1. The van der Waals surface area contributed by atoms with Crippen molar-refractivity contribution in [1.82, 2.24) is 0 Å². The molecule has 6 nitrogen and oxygen atoms in total. The van der Waals surface area contributed by atoms with Gasteiger partial charge in [-0.1, -0.05) is 0 Å². The number of non-ortho nitro benzene ring substituents is 1. The monoisotopic (exact) mass is 323 g/mol. The van der Waals surface area contributed by atoms with E-state index in [1.54, 1.807) is 18.2 Å². The van der Waals surface area contributed by atoms with Gasteiger partial charge in [0.1, 0.15) is 5.76 Å². The first kappa shape index (κ1) is 15.8. The van der Waals surface area contributed by atoms with Crippen molar-refractivity contribution in [1.29, 1.82) is 5.26 Å². The SMILES string of the molecule is N#CC(=Cc1ccc(N2CCCCC2)o1)c1ccc([N+](=O)[O-])cc1. The van der Waals surface area contributed by atoms with Crippen molar-refractivity contribution < 1.29 is 9.34 Å². The Morgan fingerprint density at radius 3 is 2.50 bits per heavy atom. The summed E-state index contributed by atoms with van der Waals surface area (Å²) in [6, 6.07) is 11.8. The summed E-state index contributed by atoms with van der Waals surface area (Å²) in [5.74, 6) is 1.42. The number of rotatable bonds is 4. The van der Waals surface area contributed by atoms with Crippen LogP contribution in [0.5, 0.6) is 0 Å². The van der Waals surface area contributed by atoms with Gasteiger partial charge in [0.2, 0.25) is 0 Å². The third kappa shape index (κ3) is 3.46. The van der Waals surface area contributed by atoms with Gasteiger partial charge < -0.3 is 9.32 Å². The van der Waals surface area contributed by atoms with E-state index in [1.165, 1.54) is 18.6 Å². The van der Waals surface area contributed by atoms with Crippen LogP contribution in [-0.4, -0.2) is 18.0 Å². The quantitative estimate of drug-likeness (QED) is 0.477. The smallest absolute Gasteiger partial charge is 0.269 e. The number of nitrogens with zero attached hydrogens (tertiary/aromatic N) is 3. The van der Waals surface area contributed by atoms with Crippen molar-refractivity contribution >= 4 is 23.2 Å². The van der Waals surface area contributed by atoms with E-state index in [1.807, 2.05) is 12.1 Å². The van der Waals surface area contributed by atoms with Crippen LogP contribution in [0.2, 0.25) is 0 Å². The molecule has 0 saturated carbocycles. The summed E-state index contributed by atoms with van der Waals surface area (Å²) in [4.78, 5) is 12.4. The molecule has 0 N–H and O–H groups in total. The van der Waals surface area contributed by atoms with Crippen LogP contribution in [-0.2, 0) is 0 Å². The van der Waals surface area contributed by atoms with Crippen LogP contribution < -0.4 is 4.90 Å². The zero-order valence-electron chi connectivity index (χ0n) is 13.1. The fraction of sp³-hybridized carbons (Fsp3) is 0.278. The summed E-state index contributed by atoms with van der Waals surface area (Å²) in [7, 11) is 0. The van der Waals surface area contributed by atoms with Crippen molar-refractivity contribution in [2.75, 3.05) is 18.0 Å². The number of hydrogen-bond acceptors (Lipinski definition) is 5. The fourth-order valence-corrected chi connectivity index (χ4v) is 2.79. The highest BCUT2D eigenvalue weighted by Gasteiger charge is 2.14. The Balaban J connectivity index is 1.81. The van der Waals surface area contributed by atoms with Crippen molar-refractivity contribution in [3.8, 4) is 6.07 Å². The van der Waals surface area contributed by atoms with Gasteiger partial charge in [-0.3, -0.25) is 10.1 Å². The summed E-state index contributed by atoms with van der Waals surface area (Å²) < 4.78 is 5.83. The lowest BCUT2D eigenvalue weighted by molar-refractivity contribution is -0.384. The molecule has 122 valence electrons. The molecule has 24 heavy (non-hydrogen) atoms. The summed E-state index contributed by atoms with van der Waals surface area (Å²) in [5.41, 5.74) is 1.03. The molecule has 0 atom stereocenters. The van der Waals surface area contributed by atoms with Crippen LogP contribution in [0.25, 0.3) is 11.6 Å². The first-order valence-electron chi connectivity index (χ1n) is 7.89. The van der Waals surface area contributed by atoms with Gasteiger partial charge in [-0.15, -0.1) is 0 Å². The van der Waals surface area contributed by atoms with E-state index in [9.17, 15) is 15.4 Å². The maximum Gasteiger partial charge on any atom is 0.269 e. The van der Waals surface area contributed by atoms with Crippen molar-refractivity contribution in [3.05, 3.63) is 57.8 Å². The average Bonchev–Trinajstić information content (AvgIpc) is 3.09. The zero-order chi connectivity index (χ0) is 16.9. The number of nitro benzene ring substituents is 1. The van der Waals surface area contributed by atoms with Crippen LogP contribution in [0.3, 0.4) is 0 Å². The highest BCUT2D eigenvalue weighted by atomic mass is 16.6. The van der Waals surface area contributed by atoms with Gasteiger partial charge >= 0.3 is 0 Å². The van der Waals surface area contributed by atoms with Crippen LogP contribution in [0, 0.1) is 21.4 Å². The van der Waals surface area contributed by atoms with Gasteiger partial charge in [0.05, 0.1) is 16.6 Å². The fourth-order valence-electron chi connectivity index (χ4n) is 2.79. The second-order valence-corrected chi connectivity index (χ2v) is 5.70. The van der Waals surface area contributed by atoms with Gasteiger partial charge in [-0.05, 0) is 49.1 Å². The summed E-state index contributed by atoms with van der Waals surface area (Å²) in [6.45, 7) is 1.98. The number of piperidine rings is 1. The van der Waals surface area contributed by atoms with E-state index in [2.05, 4.69) is 11.0 Å². The minimum Gasteiger partial charge on any atom is -0.441 e. The molecule has 3 rings (SSSR count). The van der Waals surface area contributed by atoms with E-state index in [4.69, 9.17) is 4.42 Å². The maximum absolute atomic E-state index is 10.7. The molecule has 1 fully saturated rings. The predicted molar refractivity (Wildman–Crippen MR) is 91.4 cm³/mol. The molecule has 0 unspecified atom stereocenters. The molecule has 2 heterocycles. The number of allylic oxidation sites excluding steroid dienone is 1. The third-order valence-corrected chi connectivity index (χ3v) is 4.08. The Hall–Kier alpha value is -3.07. The summed E-state index contributed by atoms with van der Waals surface area (Å²) >= 11 is 0. The van der Waals surface area contributed by atoms with E-state index >= 15 is 0 Å². The van der Waals surface area contributed by atoms with Crippen molar-refractivity contribution in [2.24, 2.45) is 0 Å².